The molecule has 2 atom stereocenters. The van der Waals surface area contributed by atoms with Gasteiger partial charge in [0.2, 0.25) is 5.91 Å². The Kier molecular flexibility index (Phi) is 7.19. The Balaban J connectivity index is 2.52. The highest BCUT2D eigenvalue weighted by molar-refractivity contribution is 6.33. The molecule has 1 rings (SSSR count). The predicted octanol–water partition coefficient (Wildman–Crippen LogP) is 1.74. The van der Waals surface area contributed by atoms with Crippen LogP contribution < -0.4 is 10.6 Å². The molecule has 0 bridgehead atoms. The summed E-state index contributed by atoms with van der Waals surface area (Å²) in [5.74, 6) is -0.646. The SMILES string of the molecule is CC(CCCO)NC(=O)C(C)NC(=O)c1ccccc1Cl. The number of hydrogen-bond donors (Lipinski definition) is 3. The van der Waals surface area contributed by atoms with Crippen LogP contribution in [0.4, 0.5) is 0 Å². The van der Waals surface area contributed by atoms with Crippen molar-refractivity contribution in [3.8, 4) is 0 Å². The third-order valence-corrected chi connectivity index (χ3v) is 3.37. The Morgan fingerprint density at radius 1 is 1.24 bits per heavy atom. The van der Waals surface area contributed by atoms with Gasteiger partial charge in [-0.3, -0.25) is 9.59 Å². The van der Waals surface area contributed by atoms with Gasteiger partial charge in [0.05, 0.1) is 10.6 Å². The Morgan fingerprint density at radius 2 is 1.90 bits per heavy atom. The lowest BCUT2D eigenvalue weighted by Crippen LogP contribution is -2.47. The minimum absolute atomic E-state index is 0.0516. The van der Waals surface area contributed by atoms with E-state index in [0.717, 1.165) is 0 Å². The normalized spacial score (nSPS) is 13.3. The maximum atomic E-state index is 12.0. The molecule has 0 spiro atoms. The van der Waals surface area contributed by atoms with Crippen molar-refractivity contribution < 1.29 is 14.7 Å². The van der Waals surface area contributed by atoms with Crippen molar-refractivity contribution in [1.82, 2.24) is 10.6 Å². The maximum absolute atomic E-state index is 12.0. The fourth-order valence-electron chi connectivity index (χ4n) is 1.82. The van der Waals surface area contributed by atoms with Crippen LogP contribution in [0.2, 0.25) is 5.02 Å². The summed E-state index contributed by atoms with van der Waals surface area (Å²) >= 11 is 5.94. The summed E-state index contributed by atoms with van der Waals surface area (Å²) in [4.78, 5) is 24.0. The van der Waals surface area contributed by atoms with E-state index < -0.39 is 6.04 Å². The summed E-state index contributed by atoms with van der Waals surface area (Å²) in [6, 6.07) is 5.96. The molecule has 0 aromatic heterocycles. The number of aliphatic hydroxyl groups excluding tert-OH is 1. The first kappa shape index (κ1) is 17.5. The summed E-state index contributed by atoms with van der Waals surface area (Å²) in [5.41, 5.74) is 0.340. The number of rotatable bonds is 7. The van der Waals surface area contributed by atoms with Crippen LogP contribution >= 0.6 is 11.6 Å². The van der Waals surface area contributed by atoms with Gasteiger partial charge in [-0.1, -0.05) is 23.7 Å². The molecule has 0 radical (unpaired) electrons. The smallest absolute Gasteiger partial charge is 0.253 e. The molecule has 0 aliphatic carbocycles. The number of carbonyl (C=O) groups is 2. The standard InChI is InChI=1S/C15H21ClN2O3/c1-10(6-5-9-19)17-14(20)11(2)18-15(21)12-7-3-4-8-13(12)16/h3-4,7-8,10-11,19H,5-6,9H2,1-2H3,(H,17,20)(H,18,21). The fourth-order valence-corrected chi connectivity index (χ4v) is 2.04. The molecule has 0 fully saturated rings. The number of amides is 2. The predicted molar refractivity (Wildman–Crippen MR) is 82.3 cm³/mol. The summed E-state index contributed by atoms with van der Waals surface area (Å²) in [7, 11) is 0. The molecule has 21 heavy (non-hydrogen) atoms. The van der Waals surface area contributed by atoms with E-state index in [4.69, 9.17) is 16.7 Å². The second kappa shape index (κ2) is 8.64. The zero-order chi connectivity index (χ0) is 15.8. The number of hydrogen-bond acceptors (Lipinski definition) is 3. The quantitative estimate of drug-likeness (QED) is 0.717. The van der Waals surface area contributed by atoms with Gasteiger partial charge in [-0.25, -0.2) is 0 Å². The summed E-state index contributed by atoms with van der Waals surface area (Å²) in [5, 5.41) is 14.5. The molecule has 5 nitrogen and oxygen atoms in total. The lowest BCUT2D eigenvalue weighted by Gasteiger charge is -2.18. The number of benzene rings is 1. The van der Waals surface area contributed by atoms with E-state index in [2.05, 4.69) is 10.6 Å². The van der Waals surface area contributed by atoms with E-state index in [9.17, 15) is 9.59 Å². The van der Waals surface area contributed by atoms with Gasteiger partial charge in [-0.2, -0.15) is 0 Å². The van der Waals surface area contributed by atoms with Crippen LogP contribution in [0.5, 0.6) is 0 Å². The van der Waals surface area contributed by atoms with E-state index in [-0.39, 0.29) is 24.5 Å². The lowest BCUT2D eigenvalue weighted by atomic mass is 10.1. The molecule has 116 valence electrons. The lowest BCUT2D eigenvalue weighted by molar-refractivity contribution is -0.123. The Morgan fingerprint density at radius 3 is 2.52 bits per heavy atom. The first-order valence-electron chi connectivity index (χ1n) is 6.92. The van der Waals surface area contributed by atoms with Gasteiger partial charge in [-0.15, -0.1) is 0 Å². The van der Waals surface area contributed by atoms with E-state index >= 15 is 0 Å². The summed E-state index contributed by atoms with van der Waals surface area (Å²) in [6.45, 7) is 3.57. The highest BCUT2D eigenvalue weighted by atomic mass is 35.5. The molecule has 0 aliphatic rings. The fraction of sp³-hybridized carbons (Fsp3) is 0.467. The van der Waals surface area contributed by atoms with Crippen LogP contribution in [-0.4, -0.2) is 35.6 Å². The van der Waals surface area contributed by atoms with Crippen molar-refractivity contribution in [3.05, 3.63) is 34.9 Å². The molecule has 0 heterocycles. The van der Waals surface area contributed by atoms with E-state index in [1.165, 1.54) is 0 Å². The maximum Gasteiger partial charge on any atom is 0.253 e. The summed E-state index contributed by atoms with van der Waals surface area (Å²) < 4.78 is 0. The molecule has 3 N–H and O–H groups in total. The van der Waals surface area contributed by atoms with Gasteiger partial charge >= 0.3 is 0 Å². The Labute approximate surface area is 129 Å². The number of carbonyl (C=O) groups excluding carboxylic acids is 2. The molecular weight excluding hydrogens is 292 g/mol. The average Bonchev–Trinajstić information content (AvgIpc) is 2.45. The second-order valence-corrected chi connectivity index (χ2v) is 5.36. The molecule has 2 unspecified atom stereocenters. The molecule has 6 heteroatoms. The van der Waals surface area contributed by atoms with Gasteiger partial charge in [0.25, 0.3) is 5.91 Å². The molecule has 1 aromatic rings. The van der Waals surface area contributed by atoms with Crippen LogP contribution in [0, 0.1) is 0 Å². The van der Waals surface area contributed by atoms with E-state index in [1.54, 1.807) is 31.2 Å². The Bertz CT molecular complexity index is 494. The van der Waals surface area contributed by atoms with E-state index in [0.29, 0.717) is 23.4 Å². The number of aliphatic hydroxyl groups is 1. The van der Waals surface area contributed by atoms with Crippen LogP contribution in [0.15, 0.2) is 24.3 Å². The highest BCUT2D eigenvalue weighted by Gasteiger charge is 2.19. The van der Waals surface area contributed by atoms with Crippen LogP contribution in [0.3, 0.4) is 0 Å². The van der Waals surface area contributed by atoms with Crippen molar-refractivity contribution in [2.75, 3.05) is 6.61 Å². The van der Waals surface area contributed by atoms with Crippen LogP contribution in [-0.2, 0) is 4.79 Å². The third kappa shape index (κ3) is 5.73. The number of nitrogens with one attached hydrogen (secondary N) is 2. The first-order valence-corrected chi connectivity index (χ1v) is 7.30. The number of halogens is 1. The zero-order valence-electron chi connectivity index (χ0n) is 12.2. The van der Waals surface area contributed by atoms with Crippen molar-refractivity contribution in [3.63, 3.8) is 0 Å². The molecule has 2 amide bonds. The van der Waals surface area contributed by atoms with Crippen molar-refractivity contribution in [1.29, 1.82) is 0 Å². The molecular formula is C15H21ClN2O3. The van der Waals surface area contributed by atoms with Crippen molar-refractivity contribution in [2.24, 2.45) is 0 Å². The van der Waals surface area contributed by atoms with Gasteiger partial charge in [-0.05, 0) is 38.8 Å². The minimum atomic E-state index is -0.662. The van der Waals surface area contributed by atoms with Crippen molar-refractivity contribution in [2.45, 2.75) is 38.8 Å². The topological polar surface area (TPSA) is 78.4 Å². The Hall–Kier alpha value is -1.59. The second-order valence-electron chi connectivity index (χ2n) is 4.95. The van der Waals surface area contributed by atoms with E-state index in [1.807, 2.05) is 6.92 Å². The monoisotopic (exact) mass is 312 g/mol. The first-order chi connectivity index (χ1) is 9.95. The molecule has 1 aromatic carbocycles. The highest BCUT2D eigenvalue weighted by Crippen LogP contribution is 2.14. The molecule has 0 saturated carbocycles. The summed E-state index contributed by atoms with van der Waals surface area (Å²) in [6.07, 6.45) is 1.31. The van der Waals surface area contributed by atoms with Gasteiger partial charge in [0.1, 0.15) is 6.04 Å². The zero-order valence-corrected chi connectivity index (χ0v) is 13.0. The molecule has 0 aliphatic heterocycles. The third-order valence-electron chi connectivity index (χ3n) is 3.04. The minimum Gasteiger partial charge on any atom is -0.396 e. The van der Waals surface area contributed by atoms with Gasteiger partial charge < -0.3 is 15.7 Å². The largest absolute Gasteiger partial charge is 0.396 e. The van der Waals surface area contributed by atoms with Gasteiger partial charge in [0, 0.05) is 12.6 Å². The van der Waals surface area contributed by atoms with Crippen LogP contribution in [0.25, 0.3) is 0 Å². The van der Waals surface area contributed by atoms with Crippen LogP contribution in [0.1, 0.15) is 37.0 Å². The average molecular weight is 313 g/mol. The van der Waals surface area contributed by atoms with Gasteiger partial charge in [0.15, 0.2) is 0 Å². The van der Waals surface area contributed by atoms with Crippen molar-refractivity contribution >= 4 is 23.4 Å². The molecule has 0 saturated heterocycles.